The fourth-order valence-corrected chi connectivity index (χ4v) is 10.1. The molecule has 4 nitrogen and oxygen atoms in total. The lowest BCUT2D eigenvalue weighted by molar-refractivity contribution is 1.18. The lowest BCUT2D eigenvalue weighted by Crippen LogP contribution is -1.96. The van der Waals surface area contributed by atoms with Crippen LogP contribution in [0.2, 0.25) is 0 Å². The average Bonchev–Trinajstić information content (AvgIpc) is 3.78. The molecule has 3 heterocycles. The standard InChI is InChI=1S/C65H42N4/c1-4-16-43(17-5-1)49-20-14-22-51(40-49)59-42-58(67-65(68-59)52-23-15-21-50(41-52)44-18-6-2-7-19-44)47-34-30-45(31-35-47)46-32-36-48(37-33-46)64-56-38-39-61-63(62(56)54-26-10-12-28-57(54)66-64)55-27-11-13-29-60(55)69(61)53-24-8-3-9-25-53/h1-42H. The molecule has 322 valence electrons. The number of hydrogen-bond donors (Lipinski definition) is 0. The normalized spacial score (nSPS) is 11.5. The molecule has 0 atom stereocenters. The molecule has 0 saturated heterocycles. The van der Waals surface area contributed by atoms with Gasteiger partial charge in [0.05, 0.1) is 33.6 Å². The summed E-state index contributed by atoms with van der Waals surface area (Å²) in [6, 6.07) is 90.3. The fourth-order valence-electron chi connectivity index (χ4n) is 10.1. The molecule has 13 rings (SSSR count). The maximum Gasteiger partial charge on any atom is 0.160 e. The number of para-hydroxylation sites is 3. The first-order valence-corrected chi connectivity index (χ1v) is 23.4. The van der Waals surface area contributed by atoms with E-state index in [4.69, 9.17) is 15.0 Å². The smallest absolute Gasteiger partial charge is 0.160 e. The highest BCUT2D eigenvalue weighted by Gasteiger charge is 2.20. The van der Waals surface area contributed by atoms with Crippen molar-refractivity contribution in [3.05, 3.63) is 255 Å². The van der Waals surface area contributed by atoms with Gasteiger partial charge in [0.25, 0.3) is 0 Å². The highest BCUT2D eigenvalue weighted by Crippen LogP contribution is 2.43. The molecule has 0 spiro atoms. The van der Waals surface area contributed by atoms with E-state index >= 15 is 0 Å². The van der Waals surface area contributed by atoms with Crippen LogP contribution in [0.15, 0.2) is 255 Å². The first-order valence-electron chi connectivity index (χ1n) is 23.4. The largest absolute Gasteiger partial charge is 0.309 e. The minimum absolute atomic E-state index is 0.683. The predicted molar refractivity (Wildman–Crippen MR) is 287 cm³/mol. The summed E-state index contributed by atoms with van der Waals surface area (Å²) >= 11 is 0. The molecule has 3 aromatic heterocycles. The summed E-state index contributed by atoms with van der Waals surface area (Å²) in [4.78, 5) is 15.8. The molecule has 0 aliphatic rings. The number of benzene rings is 10. The Kier molecular flexibility index (Phi) is 9.80. The molecule has 0 saturated carbocycles. The van der Waals surface area contributed by atoms with Crippen LogP contribution in [0, 0.1) is 0 Å². The summed E-state index contributed by atoms with van der Waals surface area (Å²) in [6.07, 6.45) is 0. The van der Waals surface area contributed by atoms with Gasteiger partial charge in [0.15, 0.2) is 5.82 Å². The van der Waals surface area contributed by atoms with Crippen molar-refractivity contribution >= 4 is 43.5 Å². The van der Waals surface area contributed by atoms with E-state index in [2.05, 4.69) is 253 Å². The third-order valence-corrected chi connectivity index (χ3v) is 13.4. The van der Waals surface area contributed by atoms with Crippen LogP contribution in [0.5, 0.6) is 0 Å². The molecule has 13 aromatic rings. The van der Waals surface area contributed by atoms with Gasteiger partial charge in [-0.2, -0.15) is 0 Å². The summed E-state index contributed by atoms with van der Waals surface area (Å²) in [5, 5.41) is 5.98. The minimum atomic E-state index is 0.683. The van der Waals surface area contributed by atoms with Crippen molar-refractivity contribution < 1.29 is 0 Å². The minimum Gasteiger partial charge on any atom is -0.309 e. The third kappa shape index (κ3) is 7.23. The quantitative estimate of drug-likeness (QED) is 0.143. The molecule has 0 fully saturated rings. The van der Waals surface area contributed by atoms with Crippen molar-refractivity contribution in [2.75, 3.05) is 0 Å². The van der Waals surface area contributed by atoms with Gasteiger partial charge < -0.3 is 4.57 Å². The maximum absolute atomic E-state index is 5.35. The number of fused-ring (bicyclic) bond motifs is 7. The van der Waals surface area contributed by atoms with Gasteiger partial charge in [0, 0.05) is 54.9 Å². The van der Waals surface area contributed by atoms with E-state index in [-0.39, 0.29) is 0 Å². The first-order chi connectivity index (χ1) is 34.2. The van der Waals surface area contributed by atoms with Crippen molar-refractivity contribution in [2.24, 2.45) is 0 Å². The monoisotopic (exact) mass is 878 g/mol. The molecule has 0 bridgehead atoms. The van der Waals surface area contributed by atoms with Crippen LogP contribution in [0.4, 0.5) is 0 Å². The van der Waals surface area contributed by atoms with Gasteiger partial charge in [-0.1, -0.05) is 206 Å². The molecule has 4 heteroatoms. The molecule has 10 aromatic carbocycles. The van der Waals surface area contributed by atoms with Crippen LogP contribution in [0.25, 0.3) is 128 Å². The fraction of sp³-hybridized carbons (Fsp3) is 0. The Balaban J connectivity index is 0.881. The second kappa shape index (κ2) is 16.9. The van der Waals surface area contributed by atoms with Crippen molar-refractivity contribution in [3.8, 4) is 84.2 Å². The van der Waals surface area contributed by atoms with Crippen LogP contribution in [-0.4, -0.2) is 19.5 Å². The van der Waals surface area contributed by atoms with Gasteiger partial charge in [-0.3, -0.25) is 0 Å². The zero-order chi connectivity index (χ0) is 45.7. The molecule has 0 aliphatic carbocycles. The number of rotatable bonds is 8. The number of pyridine rings is 1. The zero-order valence-electron chi connectivity index (χ0n) is 37.5. The topological polar surface area (TPSA) is 43.6 Å². The summed E-state index contributed by atoms with van der Waals surface area (Å²) in [6.45, 7) is 0. The van der Waals surface area contributed by atoms with E-state index in [1.165, 1.54) is 32.8 Å². The molecule has 69 heavy (non-hydrogen) atoms. The van der Waals surface area contributed by atoms with Gasteiger partial charge in [0.1, 0.15) is 0 Å². The molecule has 0 aliphatic heterocycles. The highest BCUT2D eigenvalue weighted by molar-refractivity contribution is 6.29. The van der Waals surface area contributed by atoms with Crippen molar-refractivity contribution in [1.82, 2.24) is 19.5 Å². The lowest BCUT2D eigenvalue weighted by Gasteiger charge is -2.13. The van der Waals surface area contributed by atoms with E-state index in [1.54, 1.807) is 0 Å². The summed E-state index contributed by atoms with van der Waals surface area (Å²) in [5.74, 6) is 0.683. The van der Waals surface area contributed by atoms with E-state index in [0.29, 0.717) is 5.82 Å². The number of hydrogen-bond acceptors (Lipinski definition) is 3. The van der Waals surface area contributed by atoms with Gasteiger partial charge in [-0.15, -0.1) is 0 Å². The van der Waals surface area contributed by atoms with E-state index in [9.17, 15) is 0 Å². The van der Waals surface area contributed by atoms with Gasteiger partial charge in [-0.25, -0.2) is 15.0 Å². The molecular formula is C65H42N4. The van der Waals surface area contributed by atoms with E-state index in [1.807, 2.05) is 6.07 Å². The Morgan fingerprint density at radius 1 is 0.261 bits per heavy atom. The lowest BCUT2D eigenvalue weighted by atomic mass is 9.95. The molecule has 0 amide bonds. The SMILES string of the molecule is c1ccc(-c2cccc(-c3cc(-c4ccc(-c5ccc(-c6nc7ccccc7c7c6ccc6c7c7ccccc7n6-c6ccccc6)cc5)cc4)nc(-c4cccc(-c5ccccc5)c4)n3)c2)cc1. The van der Waals surface area contributed by atoms with E-state index < -0.39 is 0 Å². The Morgan fingerprint density at radius 2 is 0.754 bits per heavy atom. The Labute approximate surface area is 400 Å². The summed E-state index contributed by atoms with van der Waals surface area (Å²) < 4.78 is 2.39. The van der Waals surface area contributed by atoms with Crippen LogP contribution < -0.4 is 0 Å². The average molecular weight is 879 g/mol. The van der Waals surface area contributed by atoms with Gasteiger partial charge >= 0.3 is 0 Å². The number of aromatic nitrogens is 4. The molecular weight excluding hydrogens is 837 g/mol. The van der Waals surface area contributed by atoms with Gasteiger partial charge in [0.2, 0.25) is 0 Å². The van der Waals surface area contributed by atoms with Crippen LogP contribution in [0.3, 0.4) is 0 Å². The van der Waals surface area contributed by atoms with Crippen molar-refractivity contribution in [1.29, 1.82) is 0 Å². The zero-order valence-corrected chi connectivity index (χ0v) is 37.5. The molecule has 0 unspecified atom stereocenters. The van der Waals surface area contributed by atoms with Crippen LogP contribution in [-0.2, 0) is 0 Å². The van der Waals surface area contributed by atoms with Gasteiger partial charge in [-0.05, 0) is 81.9 Å². The first kappa shape index (κ1) is 40.1. The second-order valence-corrected chi connectivity index (χ2v) is 17.6. The Hall–Kier alpha value is -9.25. The van der Waals surface area contributed by atoms with Crippen LogP contribution in [0.1, 0.15) is 0 Å². The summed E-state index contributed by atoms with van der Waals surface area (Å²) in [7, 11) is 0. The predicted octanol–water partition coefficient (Wildman–Crippen LogP) is 16.9. The summed E-state index contributed by atoms with van der Waals surface area (Å²) in [5.41, 5.74) is 18.1. The van der Waals surface area contributed by atoms with Crippen molar-refractivity contribution in [3.63, 3.8) is 0 Å². The third-order valence-electron chi connectivity index (χ3n) is 13.4. The molecule has 0 radical (unpaired) electrons. The van der Waals surface area contributed by atoms with Crippen molar-refractivity contribution in [2.45, 2.75) is 0 Å². The van der Waals surface area contributed by atoms with E-state index in [0.717, 1.165) is 89.1 Å². The Bertz CT molecular complexity index is 3930. The van der Waals surface area contributed by atoms with Crippen LogP contribution >= 0.6 is 0 Å². The second-order valence-electron chi connectivity index (χ2n) is 17.6. The highest BCUT2D eigenvalue weighted by atomic mass is 15.0. The number of nitrogens with zero attached hydrogens (tertiary/aromatic N) is 4. The Morgan fingerprint density at radius 3 is 1.43 bits per heavy atom. The molecule has 0 N–H and O–H groups in total. The maximum atomic E-state index is 5.35.